The van der Waals surface area contributed by atoms with Crippen molar-refractivity contribution in [3.05, 3.63) is 60.2 Å². The van der Waals surface area contributed by atoms with Crippen LogP contribution in [0.5, 0.6) is 5.75 Å². The minimum Gasteiger partial charge on any atom is -0.497 e. The van der Waals surface area contributed by atoms with Crippen molar-refractivity contribution in [2.45, 2.75) is 25.3 Å². The second-order valence-electron chi connectivity index (χ2n) is 7.49. The van der Waals surface area contributed by atoms with Gasteiger partial charge in [0.1, 0.15) is 5.75 Å². The van der Waals surface area contributed by atoms with Crippen molar-refractivity contribution in [1.29, 1.82) is 0 Å². The lowest BCUT2D eigenvalue weighted by Crippen LogP contribution is -2.48. The summed E-state index contributed by atoms with van der Waals surface area (Å²) < 4.78 is 5.26. The van der Waals surface area contributed by atoms with Gasteiger partial charge in [-0.1, -0.05) is 30.3 Å². The Balaban J connectivity index is 1.33. The van der Waals surface area contributed by atoms with E-state index in [1.54, 1.807) is 7.11 Å². The standard InChI is InChI=1S/C22H28N2O/c1-25-21-11-9-20(10-12-21)23-22-18-7-8-19(22)16-24(15-18)14-13-17-5-3-2-4-6-17/h2-6,9-12,18-19,22-23H,7-8,13-16H2,1H3/t18-,19+,22?. The number of methoxy groups -OCH3 is 1. The second-order valence-corrected chi connectivity index (χ2v) is 7.49. The molecule has 0 aromatic heterocycles. The molecule has 3 heteroatoms. The molecule has 1 aliphatic heterocycles. The van der Waals surface area contributed by atoms with Crippen molar-refractivity contribution in [3.63, 3.8) is 0 Å². The largest absolute Gasteiger partial charge is 0.497 e. The van der Waals surface area contributed by atoms with E-state index in [1.807, 2.05) is 12.1 Å². The van der Waals surface area contributed by atoms with Crippen LogP contribution in [0.15, 0.2) is 54.6 Å². The lowest BCUT2D eigenvalue weighted by Gasteiger charge is -2.39. The first kappa shape index (κ1) is 16.5. The molecule has 1 saturated carbocycles. The first-order valence-corrected chi connectivity index (χ1v) is 9.48. The highest BCUT2D eigenvalue weighted by Gasteiger charge is 2.41. The minimum atomic E-state index is 0.626. The Kier molecular flexibility index (Phi) is 4.93. The number of ether oxygens (including phenoxy) is 1. The third-order valence-electron chi connectivity index (χ3n) is 5.89. The zero-order valence-electron chi connectivity index (χ0n) is 15.0. The van der Waals surface area contributed by atoms with Crippen LogP contribution in [0.1, 0.15) is 18.4 Å². The first-order chi connectivity index (χ1) is 12.3. The highest BCUT2D eigenvalue weighted by atomic mass is 16.5. The van der Waals surface area contributed by atoms with E-state index in [2.05, 4.69) is 52.7 Å². The third-order valence-corrected chi connectivity index (χ3v) is 5.89. The van der Waals surface area contributed by atoms with Crippen LogP contribution in [0.25, 0.3) is 0 Å². The molecule has 0 amide bonds. The summed E-state index contributed by atoms with van der Waals surface area (Å²) in [6, 6.07) is 19.9. The van der Waals surface area contributed by atoms with Crippen molar-refractivity contribution < 1.29 is 4.74 Å². The summed E-state index contributed by atoms with van der Waals surface area (Å²) >= 11 is 0. The molecule has 1 aliphatic carbocycles. The summed E-state index contributed by atoms with van der Waals surface area (Å²) in [6.45, 7) is 3.65. The van der Waals surface area contributed by atoms with E-state index in [0.29, 0.717) is 6.04 Å². The molecule has 2 fully saturated rings. The number of hydrogen-bond acceptors (Lipinski definition) is 3. The molecule has 2 aliphatic rings. The third kappa shape index (κ3) is 3.82. The molecular weight excluding hydrogens is 308 g/mol. The van der Waals surface area contributed by atoms with Crippen molar-refractivity contribution in [3.8, 4) is 5.75 Å². The number of benzene rings is 2. The highest BCUT2D eigenvalue weighted by molar-refractivity contribution is 5.47. The fraction of sp³-hybridized carbons (Fsp3) is 0.455. The maximum Gasteiger partial charge on any atom is 0.119 e. The van der Waals surface area contributed by atoms with Crippen molar-refractivity contribution in [2.75, 3.05) is 32.1 Å². The molecule has 1 saturated heterocycles. The lowest BCUT2D eigenvalue weighted by atomic mass is 9.91. The zero-order chi connectivity index (χ0) is 17.1. The SMILES string of the molecule is COc1ccc(NC2[C@@H]3CC[C@H]2CN(CCc2ccccc2)C3)cc1. The van der Waals surface area contributed by atoms with Crippen LogP contribution in [-0.4, -0.2) is 37.7 Å². The number of rotatable bonds is 6. The van der Waals surface area contributed by atoms with Crippen LogP contribution in [0.2, 0.25) is 0 Å². The summed E-state index contributed by atoms with van der Waals surface area (Å²) in [5.74, 6) is 2.47. The molecule has 25 heavy (non-hydrogen) atoms. The quantitative estimate of drug-likeness (QED) is 0.861. The van der Waals surface area contributed by atoms with Gasteiger partial charge < -0.3 is 15.0 Å². The molecule has 1 heterocycles. The number of fused-ring (bicyclic) bond motifs is 2. The van der Waals surface area contributed by atoms with Gasteiger partial charge in [-0.3, -0.25) is 0 Å². The van der Waals surface area contributed by atoms with Gasteiger partial charge in [0.05, 0.1) is 7.11 Å². The van der Waals surface area contributed by atoms with Gasteiger partial charge in [-0.05, 0) is 60.9 Å². The zero-order valence-corrected chi connectivity index (χ0v) is 15.0. The van der Waals surface area contributed by atoms with E-state index >= 15 is 0 Å². The molecule has 1 N–H and O–H groups in total. The van der Waals surface area contributed by atoms with E-state index in [1.165, 1.54) is 43.7 Å². The van der Waals surface area contributed by atoms with E-state index in [-0.39, 0.29) is 0 Å². The van der Waals surface area contributed by atoms with Crippen LogP contribution < -0.4 is 10.1 Å². The van der Waals surface area contributed by atoms with E-state index < -0.39 is 0 Å². The van der Waals surface area contributed by atoms with Crippen LogP contribution in [0.3, 0.4) is 0 Å². The fourth-order valence-electron chi connectivity index (χ4n) is 4.55. The topological polar surface area (TPSA) is 24.5 Å². The Bertz CT molecular complexity index is 656. The molecule has 1 unspecified atom stereocenters. The van der Waals surface area contributed by atoms with Crippen LogP contribution in [0, 0.1) is 11.8 Å². The van der Waals surface area contributed by atoms with E-state index in [9.17, 15) is 0 Å². The monoisotopic (exact) mass is 336 g/mol. The highest BCUT2D eigenvalue weighted by Crippen LogP contribution is 2.38. The molecule has 4 rings (SSSR count). The summed E-state index contributed by atoms with van der Waals surface area (Å²) in [5.41, 5.74) is 2.67. The number of nitrogens with zero attached hydrogens (tertiary/aromatic N) is 1. The van der Waals surface area contributed by atoms with Gasteiger partial charge >= 0.3 is 0 Å². The molecule has 0 spiro atoms. The van der Waals surface area contributed by atoms with E-state index in [0.717, 1.165) is 24.0 Å². The number of piperidine rings is 1. The average Bonchev–Trinajstić information content (AvgIpc) is 2.90. The Morgan fingerprint density at radius 2 is 1.64 bits per heavy atom. The van der Waals surface area contributed by atoms with Gasteiger partial charge in [0.2, 0.25) is 0 Å². The van der Waals surface area contributed by atoms with Crippen LogP contribution in [-0.2, 0) is 6.42 Å². The number of nitrogens with one attached hydrogen (secondary N) is 1. The smallest absolute Gasteiger partial charge is 0.119 e. The van der Waals surface area contributed by atoms with Gasteiger partial charge in [-0.2, -0.15) is 0 Å². The van der Waals surface area contributed by atoms with Gasteiger partial charge in [-0.15, -0.1) is 0 Å². The second kappa shape index (κ2) is 7.49. The normalized spacial score (nSPS) is 25.7. The molecular formula is C22H28N2O. The van der Waals surface area contributed by atoms with Crippen molar-refractivity contribution in [1.82, 2.24) is 4.90 Å². The van der Waals surface area contributed by atoms with Crippen LogP contribution in [0.4, 0.5) is 5.69 Å². The lowest BCUT2D eigenvalue weighted by molar-refractivity contribution is 0.156. The van der Waals surface area contributed by atoms with Crippen LogP contribution >= 0.6 is 0 Å². The summed E-state index contributed by atoms with van der Waals surface area (Å²) in [6.07, 6.45) is 3.89. The van der Waals surface area contributed by atoms with Gasteiger partial charge in [0, 0.05) is 31.4 Å². The van der Waals surface area contributed by atoms with Gasteiger partial charge in [0.25, 0.3) is 0 Å². The maximum atomic E-state index is 5.26. The molecule has 3 nitrogen and oxygen atoms in total. The molecule has 2 aromatic carbocycles. The number of likely N-dealkylation sites (tertiary alicyclic amines) is 1. The maximum absolute atomic E-state index is 5.26. The molecule has 2 bridgehead atoms. The van der Waals surface area contributed by atoms with E-state index in [4.69, 9.17) is 4.74 Å². The fourth-order valence-corrected chi connectivity index (χ4v) is 4.55. The molecule has 132 valence electrons. The Labute approximate surface area is 151 Å². The van der Waals surface area contributed by atoms with Gasteiger partial charge in [0.15, 0.2) is 0 Å². The predicted molar refractivity (Wildman–Crippen MR) is 103 cm³/mol. The Hall–Kier alpha value is -2.00. The molecule has 3 atom stereocenters. The minimum absolute atomic E-state index is 0.626. The number of hydrogen-bond donors (Lipinski definition) is 1. The summed E-state index contributed by atoms with van der Waals surface area (Å²) in [5, 5.41) is 3.81. The van der Waals surface area contributed by atoms with Gasteiger partial charge in [-0.25, -0.2) is 0 Å². The Morgan fingerprint density at radius 3 is 2.28 bits per heavy atom. The van der Waals surface area contributed by atoms with Crippen molar-refractivity contribution in [2.24, 2.45) is 11.8 Å². The van der Waals surface area contributed by atoms with Crippen molar-refractivity contribution >= 4 is 5.69 Å². The number of anilines is 1. The summed E-state index contributed by atoms with van der Waals surface area (Å²) in [7, 11) is 1.72. The Morgan fingerprint density at radius 1 is 0.960 bits per heavy atom. The summed E-state index contributed by atoms with van der Waals surface area (Å²) in [4.78, 5) is 2.68. The predicted octanol–water partition coefficient (Wildman–Crippen LogP) is 4.06. The molecule has 0 radical (unpaired) electrons. The first-order valence-electron chi connectivity index (χ1n) is 9.48. The molecule has 2 aromatic rings. The average molecular weight is 336 g/mol.